The lowest BCUT2D eigenvalue weighted by atomic mass is 10.1. The molecule has 0 saturated carbocycles. The summed E-state index contributed by atoms with van der Waals surface area (Å²) in [6, 6.07) is 10.1. The second kappa shape index (κ2) is 6.24. The molecule has 98 valence electrons. The smallest absolute Gasteiger partial charge is 0.216 e. The quantitative estimate of drug-likeness (QED) is 0.684. The predicted molar refractivity (Wildman–Crippen MR) is 80.8 cm³/mol. The third kappa shape index (κ3) is 3.48. The van der Waals surface area contributed by atoms with Gasteiger partial charge >= 0.3 is 0 Å². The molecule has 0 radical (unpaired) electrons. The van der Waals surface area contributed by atoms with Gasteiger partial charge in [0.1, 0.15) is 0 Å². The van der Waals surface area contributed by atoms with E-state index in [0.717, 1.165) is 23.4 Å². The van der Waals surface area contributed by atoms with Crippen LogP contribution in [0.5, 0.6) is 0 Å². The van der Waals surface area contributed by atoms with Crippen LogP contribution in [0.25, 0.3) is 6.08 Å². The number of allylic oxidation sites excluding steroid dienone is 1. The first-order valence-electron chi connectivity index (χ1n) is 6.14. The molecule has 4 nitrogen and oxygen atoms in total. The molecule has 0 aliphatic carbocycles. The second-order valence-corrected chi connectivity index (χ2v) is 4.54. The fourth-order valence-corrected chi connectivity index (χ4v) is 1.87. The summed E-state index contributed by atoms with van der Waals surface area (Å²) in [6.07, 6.45) is 4.64. The van der Waals surface area contributed by atoms with Crippen molar-refractivity contribution in [2.75, 3.05) is 0 Å². The number of rotatable bonds is 4. The van der Waals surface area contributed by atoms with E-state index in [1.165, 1.54) is 0 Å². The van der Waals surface area contributed by atoms with Gasteiger partial charge in [0.2, 0.25) is 4.77 Å². The minimum absolute atomic E-state index is 0.514. The van der Waals surface area contributed by atoms with E-state index in [9.17, 15) is 0 Å². The molecule has 0 fully saturated rings. The molecular weight excluding hydrogens is 256 g/mol. The Morgan fingerprint density at radius 1 is 1.42 bits per heavy atom. The second-order valence-electron chi connectivity index (χ2n) is 4.15. The lowest BCUT2D eigenvalue weighted by molar-refractivity contribution is 0.780. The molecule has 0 spiro atoms. The van der Waals surface area contributed by atoms with Crippen molar-refractivity contribution in [3.63, 3.8) is 0 Å². The van der Waals surface area contributed by atoms with Gasteiger partial charge in [-0.05, 0) is 30.3 Å². The minimum Gasteiger partial charge on any atom is -0.250 e. The average molecular weight is 272 g/mol. The number of nitrogens with one attached hydrogen (secondary N) is 1. The fraction of sp³-hybridized carbons (Fsp3) is 0.214. The van der Waals surface area contributed by atoms with E-state index >= 15 is 0 Å². The number of H-pyrrole nitrogens is 1. The molecular formula is C14H16N4S. The van der Waals surface area contributed by atoms with Crippen molar-refractivity contribution in [3.05, 3.63) is 52.1 Å². The van der Waals surface area contributed by atoms with E-state index in [2.05, 4.69) is 33.5 Å². The van der Waals surface area contributed by atoms with Gasteiger partial charge in [-0.1, -0.05) is 43.3 Å². The molecule has 2 aromatic rings. The topological polar surface area (TPSA) is 46.0 Å². The zero-order valence-electron chi connectivity index (χ0n) is 11.0. The summed E-state index contributed by atoms with van der Waals surface area (Å²) >= 11 is 5.13. The maximum absolute atomic E-state index is 5.13. The molecule has 0 saturated heterocycles. The van der Waals surface area contributed by atoms with Gasteiger partial charge in [-0.25, -0.2) is 0 Å². The van der Waals surface area contributed by atoms with Crippen molar-refractivity contribution in [1.82, 2.24) is 14.9 Å². The van der Waals surface area contributed by atoms with Crippen molar-refractivity contribution in [1.29, 1.82) is 0 Å². The van der Waals surface area contributed by atoms with E-state index in [1.54, 1.807) is 10.9 Å². The van der Waals surface area contributed by atoms with Crippen LogP contribution in [-0.2, 0) is 6.42 Å². The van der Waals surface area contributed by atoms with Gasteiger partial charge in [0, 0.05) is 6.42 Å². The van der Waals surface area contributed by atoms with E-state index in [1.807, 2.05) is 32.0 Å². The first-order chi connectivity index (χ1) is 9.20. The molecule has 0 aliphatic heterocycles. The van der Waals surface area contributed by atoms with Gasteiger partial charge in [0.05, 0.1) is 6.21 Å². The fourth-order valence-electron chi connectivity index (χ4n) is 1.67. The standard InChI is InChI=1S/C14H16N4S/c1-3-13-16-17-14(19)18(13)15-10-11(2)9-12-7-5-4-6-8-12/h4-10H,3H2,1-2H3,(H,17,19)/b11-9+,15-10-. The summed E-state index contributed by atoms with van der Waals surface area (Å²) in [5.41, 5.74) is 2.20. The van der Waals surface area contributed by atoms with Gasteiger partial charge < -0.3 is 0 Å². The molecule has 0 atom stereocenters. The number of aromatic nitrogens is 3. The van der Waals surface area contributed by atoms with Crippen LogP contribution in [0.2, 0.25) is 0 Å². The van der Waals surface area contributed by atoms with Crippen molar-refractivity contribution < 1.29 is 0 Å². The first kappa shape index (κ1) is 13.4. The Hall–Kier alpha value is -2.01. The van der Waals surface area contributed by atoms with Crippen molar-refractivity contribution in [2.45, 2.75) is 20.3 Å². The summed E-state index contributed by atoms with van der Waals surface area (Å²) in [6.45, 7) is 4.02. The molecule has 1 heterocycles. The summed E-state index contributed by atoms with van der Waals surface area (Å²) in [5.74, 6) is 0.828. The Morgan fingerprint density at radius 2 is 2.16 bits per heavy atom. The Balaban J connectivity index is 2.21. The van der Waals surface area contributed by atoms with Crippen molar-refractivity contribution in [2.24, 2.45) is 5.10 Å². The molecule has 1 aromatic heterocycles. The molecule has 2 rings (SSSR count). The lowest BCUT2D eigenvalue weighted by Crippen LogP contribution is -1.97. The first-order valence-corrected chi connectivity index (χ1v) is 6.55. The lowest BCUT2D eigenvalue weighted by Gasteiger charge is -1.97. The maximum atomic E-state index is 5.13. The molecule has 5 heteroatoms. The zero-order valence-corrected chi connectivity index (χ0v) is 11.8. The third-order valence-electron chi connectivity index (χ3n) is 2.60. The number of hydrogen-bond donors (Lipinski definition) is 1. The number of aromatic amines is 1. The van der Waals surface area contributed by atoms with Crippen LogP contribution in [-0.4, -0.2) is 21.1 Å². The molecule has 0 amide bonds. The third-order valence-corrected chi connectivity index (χ3v) is 2.87. The van der Waals surface area contributed by atoms with Crippen LogP contribution in [0.4, 0.5) is 0 Å². The molecule has 1 N–H and O–H groups in total. The number of aryl methyl sites for hydroxylation is 1. The number of benzene rings is 1. The molecule has 1 aromatic carbocycles. The molecule has 0 aliphatic rings. The highest BCUT2D eigenvalue weighted by Crippen LogP contribution is 2.05. The number of nitrogens with zero attached hydrogens (tertiary/aromatic N) is 3. The van der Waals surface area contributed by atoms with E-state index in [4.69, 9.17) is 12.2 Å². The van der Waals surface area contributed by atoms with Gasteiger partial charge in [-0.3, -0.25) is 5.10 Å². The molecule has 0 bridgehead atoms. The van der Waals surface area contributed by atoms with Crippen LogP contribution >= 0.6 is 12.2 Å². The van der Waals surface area contributed by atoms with E-state index in [0.29, 0.717) is 4.77 Å². The minimum atomic E-state index is 0.514. The van der Waals surface area contributed by atoms with Crippen molar-refractivity contribution >= 4 is 24.5 Å². The van der Waals surface area contributed by atoms with Gasteiger partial charge in [0.15, 0.2) is 5.82 Å². The predicted octanol–water partition coefficient (Wildman–Crippen LogP) is 3.44. The SMILES string of the molecule is CCc1n[nH]c(=S)n1/N=C\C(C)=C\c1ccccc1. The Bertz CT molecular complexity index is 650. The van der Waals surface area contributed by atoms with E-state index in [-0.39, 0.29) is 0 Å². The van der Waals surface area contributed by atoms with Crippen molar-refractivity contribution in [3.8, 4) is 0 Å². The zero-order chi connectivity index (χ0) is 13.7. The Morgan fingerprint density at radius 3 is 2.84 bits per heavy atom. The molecule has 0 unspecified atom stereocenters. The Labute approximate surface area is 117 Å². The van der Waals surface area contributed by atoms with Crippen LogP contribution in [0, 0.1) is 4.77 Å². The Kier molecular flexibility index (Phi) is 4.41. The maximum Gasteiger partial charge on any atom is 0.216 e. The van der Waals surface area contributed by atoms with Gasteiger partial charge in [-0.2, -0.15) is 14.9 Å². The summed E-state index contributed by atoms with van der Waals surface area (Å²) in [7, 11) is 0. The van der Waals surface area contributed by atoms with Gasteiger partial charge in [-0.15, -0.1) is 0 Å². The average Bonchev–Trinajstić information content (AvgIpc) is 2.78. The summed E-state index contributed by atoms with van der Waals surface area (Å²) in [4.78, 5) is 0. The highest BCUT2D eigenvalue weighted by atomic mass is 32.1. The monoisotopic (exact) mass is 272 g/mol. The van der Waals surface area contributed by atoms with Gasteiger partial charge in [0.25, 0.3) is 0 Å². The highest BCUT2D eigenvalue weighted by Gasteiger charge is 2.00. The largest absolute Gasteiger partial charge is 0.250 e. The molecule has 19 heavy (non-hydrogen) atoms. The summed E-state index contributed by atoms with van der Waals surface area (Å²) < 4.78 is 2.16. The van der Waals surface area contributed by atoms with Crippen LogP contribution < -0.4 is 0 Å². The normalized spacial score (nSPS) is 12.2. The van der Waals surface area contributed by atoms with Crippen LogP contribution in [0.15, 0.2) is 41.0 Å². The van der Waals surface area contributed by atoms with Crippen LogP contribution in [0.3, 0.4) is 0 Å². The number of hydrogen-bond acceptors (Lipinski definition) is 3. The highest BCUT2D eigenvalue weighted by molar-refractivity contribution is 7.71. The summed E-state index contributed by atoms with van der Waals surface area (Å²) in [5, 5.41) is 11.2. The van der Waals surface area contributed by atoms with E-state index < -0.39 is 0 Å². The van der Waals surface area contributed by atoms with Crippen LogP contribution in [0.1, 0.15) is 25.2 Å².